The number of rotatable bonds is 0. The molecule has 10 heavy (non-hydrogen) atoms. The molecule has 60 valence electrons. The minimum Gasteiger partial charge on any atom is -0.465 e. The lowest BCUT2D eigenvalue weighted by Crippen LogP contribution is -2.19. The van der Waals surface area contributed by atoms with Gasteiger partial charge in [-0.3, -0.25) is 4.90 Å². The van der Waals surface area contributed by atoms with Gasteiger partial charge in [-0.2, -0.15) is 0 Å². The minimum atomic E-state index is -0.883. The van der Waals surface area contributed by atoms with E-state index >= 15 is 0 Å². The Hall–Kier alpha value is -0.0600. The summed E-state index contributed by atoms with van der Waals surface area (Å²) in [5.41, 5.74) is 0. The molecule has 0 radical (unpaired) electrons. The normalized spacial score (nSPS) is 13.8. The van der Waals surface area contributed by atoms with Gasteiger partial charge >= 0.3 is 6.09 Å². The fourth-order valence-corrected chi connectivity index (χ4v) is 1.08. The molecule has 1 N–H and O–H groups in total. The highest BCUT2D eigenvalue weighted by Crippen LogP contribution is 2.14. The van der Waals surface area contributed by atoms with Crippen LogP contribution in [-0.4, -0.2) is 22.0 Å². The Bertz CT molecular complexity index is 141. The molecular weight excluding hydrogens is 197 g/mol. The van der Waals surface area contributed by atoms with Crippen molar-refractivity contribution in [2.45, 2.75) is 0 Å². The predicted octanol–water partition coefficient (Wildman–Crippen LogP) is 1.99. The quantitative estimate of drug-likeness (QED) is 0.655. The van der Waals surface area contributed by atoms with Gasteiger partial charge in [0.05, 0.1) is 5.88 Å². The average molecular weight is 204 g/mol. The Morgan fingerprint density at radius 2 is 2.20 bits per heavy atom. The monoisotopic (exact) mass is 203 g/mol. The second-order valence-electron chi connectivity index (χ2n) is 1.33. The molecule has 0 aliphatic carbocycles. The van der Waals surface area contributed by atoms with E-state index < -0.39 is 6.09 Å². The molecule has 0 aromatic rings. The van der Waals surface area contributed by atoms with E-state index in [4.69, 9.17) is 5.11 Å². The van der Waals surface area contributed by atoms with Crippen LogP contribution in [0.15, 0.2) is 11.6 Å². The number of hydrogen-bond acceptors (Lipinski definition) is 2. The Balaban J connectivity index is 0. The lowest BCUT2D eigenvalue weighted by Gasteiger charge is -2.04. The maximum atomic E-state index is 10.1. The third-order valence-corrected chi connectivity index (χ3v) is 1.54. The summed E-state index contributed by atoms with van der Waals surface area (Å²) in [6.07, 6.45) is 0.666. The molecule has 0 saturated heterocycles. The van der Waals surface area contributed by atoms with Crippen LogP contribution in [0.3, 0.4) is 0 Å². The van der Waals surface area contributed by atoms with Crippen molar-refractivity contribution in [2.24, 2.45) is 0 Å². The lowest BCUT2D eigenvalue weighted by molar-refractivity contribution is 0.169. The molecule has 0 bridgehead atoms. The van der Waals surface area contributed by atoms with Crippen LogP contribution in [0, 0.1) is 0 Å². The second-order valence-corrected chi connectivity index (χ2v) is 2.20. The Labute approximate surface area is 75.3 Å². The molecule has 1 amide bonds. The van der Waals surface area contributed by atoms with Gasteiger partial charge in [-0.15, -0.1) is 36.6 Å². The van der Waals surface area contributed by atoms with Crippen LogP contribution in [0.4, 0.5) is 4.79 Å². The molecule has 0 fully saturated rings. The summed E-state index contributed by atoms with van der Waals surface area (Å²) in [7, 11) is 0. The molecule has 0 spiro atoms. The van der Waals surface area contributed by atoms with Crippen molar-refractivity contribution in [1.29, 1.82) is 0 Å². The summed E-state index contributed by atoms with van der Waals surface area (Å²) in [6.45, 7) is 0. The van der Waals surface area contributed by atoms with Gasteiger partial charge in [-0.1, -0.05) is 0 Å². The Morgan fingerprint density at radius 3 is 2.40 bits per heavy atom. The van der Waals surface area contributed by atoms with Crippen LogP contribution < -0.4 is 0 Å². The molecule has 3 nitrogen and oxygen atoms in total. The first-order valence-corrected chi connectivity index (χ1v) is 3.13. The molecule has 0 unspecified atom stereocenters. The second kappa shape index (κ2) is 5.70. The summed E-state index contributed by atoms with van der Waals surface area (Å²) < 4.78 is 0. The molecule has 1 rings (SSSR count). The van der Waals surface area contributed by atoms with Crippen molar-refractivity contribution >= 4 is 42.7 Å². The van der Waals surface area contributed by atoms with Crippen LogP contribution in [0.5, 0.6) is 0 Å². The van der Waals surface area contributed by atoms with Gasteiger partial charge in [0.1, 0.15) is 0 Å². The van der Waals surface area contributed by atoms with Crippen molar-refractivity contribution in [3.8, 4) is 0 Å². The third kappa shape index (κ3) is 3.20. The molecule has 1 heterocycles. The Kier molecular flexibility index (Phi) is 7.19. The van der Waals surface area contributed by atoms with Crippen LogP contribution in [0.25, 0.3) is 0 Å². The molecule has 1 aliphatic rings. The maximum Gasteiger partial charge on any atom is 0.412 e. The van der Waals surface area contributed by atoms with E-state index in [2.05, 4.69) is 0 Å². The Morgan fingerprint density at radius 1 is 1.60 bits per heavy atom. The molecule has 0 aromatic heterocycles. The van der Waals surface area contributed by atoms with E-state index in [0.717, 1.165) is 0 Å². The van der Waals surface area contributed by atoms with Crippen molar-refractivity contribution in [1.82, 2.24) is 4.90 Å². The smallest absolute Gasteiger partial charge is 0.412 e. The fourth-order valence-electron chi connectivity index (χ4n) is 0.402. The number of amides is 1. The van der Waals surface area contributed by atoms with Gasteiger partial charge in [0.25, 0.3) is 0 Å². The van der Waals surface area contributed by atoms with Crippen LogP contribution in [0.1, 0.15) is 0 Å². The number of hydrogen-bond donors (Lipinski definition) is 1. The summed E-state index contributed by atoms with van der Waals surface area (Å²) in [6, 6.07) is 0. The van der Waals surface area contributed by atoms with Crippen molar-refractivity contribution in [3.05, 3.63) is 11.6 Å². The first-order valence-electron chi connectivity index (χ1n) is 2.08. The summed E-state index contributed by atoms with van der Waals surface area (Å²) in [4.78, 5) is 11.3. The van der Waals surface area contributed by atoms with Crippen molar-refractivity contribution in [2.75, 3.05) is 5.88 Å². The van der Waals surface area contributed by atoms with E-state index in [-0.39, 0.29) is 24.8 Å². The first-order chi connectivity index (χ1) is 3.80. The van der Waals surface area contributed by atoms with E-state index in [9.17, 15) is 4.79 Å². The SMILES string of the molecule is Cl.Cl.O=C(O)N1C=CSC1. The molecule has 0 saturated carbocycles. The first kappa shape index (κ1) is 12.6. The maximum absolute atomic E-state index is 10.1. The van der Waals surface area contributed by atoms with Gasteiger partial charge in [0, 0.05) is 6.20 Å². The van der Waals surface area contributed by atoms with Gasteiger partial charge in [-0.05, 0) is 5.41 Å². The zero-order chi connectivity index (χ0) is 5.98. The van der Waals surface area contributed by atoms with Gasteiger partial charge < -0.3 is 5.11 Å². The van der Waals surface area contributed by atoms with E-state index in [1.807, 2.05) is 0 Å². The highest BCUT2D eigenvalue weighted by Gasteiger charge is 2.10. The number of halogens is 2. The number of carbonyl (C=O) groups is 1. The number of nitrogens with zero attached hydrogens (tertiary/aromatic N) is 1. The summed E-state index contributed by atoms with van der Waals surface area (Å²) >= 11 is 1.48. The highest BCUT2D eigenvalue weighted by atomic mass is 35.5. The summed E-state index contributed by atoms with van der Waals surface area (Å²) in [5.74, 6) is 0.537. The lowest BCUT2D eigenvalue weighted by atomic mass is 10.8. The van der Waals surface area contributed by atoms with Crippen LogP contribution >= 0.6 is 36.6 Å². The number of carboxylic acid groups (broad SMARTS) is 1. The third-order valence-electron chi connectivity index (χ3n) is 0.796. The zero-order valence-electron chi connectivity index (χ0n) is 4.89. The number of thioether (sulfide) groups is 1. The highest BCUT2D eigenvalue weighted by molar-refractivity contribution is 8.02. The van der Waals surface area contributed by atoms with Crippen LogP contribution in [0.2, 0.25) is 0 Å². The minimum absolute atomic E-state index is 0. The topological polar surface area (TPSA) is 40.5 Å². The van der Waals surface area contributed by atoms with Crippen LogP contribution in [-0.2, 0) is 0 Å². The van der Waals surface area contributed by atoms with Crippen molar-refractivity contribution < 1.29 is 9.90 Å². The largest absolute Gasteiger partial charge is 0.465 e. The zero-order valence-corrected chi connectivity index (χ0v) is 7.34. The molecule has 0 aromatic carbocycles. The molecule has 6 heteroatoms. The van der Waals surface area contributed by atoms with E-state index in [1.54, 1.807) is 11.6 Å². The van der Waals surface area contributed by atoms with Gasteiger partial charge in [-0.25, -0.2) is 4.79 Å². The standard InChI is InChI=1S/C4H5NO2S.2ClH/c6-4(7)5-1-2-8-3-5;;/h1-2H,3H2,(H,6,7);2*1H. The van der Waals surface area contributed by atoms with E-state index in [0.29, 0.717) is 5.88 Å². The fraction of sp³-hybridized carbons (Fsp3) is 0.250. The average Bonchev–Trinajstić information content (AvgIpc) is 2.12. The van der Waals surface area contributed by atoms with E-state index in [1.165, 1.54) is 16.7 Å². The molecule has 0 atom stereocenters. The summed E-state index contributed by atoms with van der Waals surface area (Å²) in [5, 5.41) is 10.0. The predicted molar refractivity (Wildman–Crippen MR) is 46.0 cm³/mol. The molecule has 1 aliphatic heterocycles. The van der Waals surface area contributed by atoms with Gasteiger partial charge in [0.2, 0.25) is 0 Å². The van der Waals surface area contributed by atoms with Crippen molar-refractivity contribution in [3.63, 3.8) is 0 Å². The molecular formula is C4H7Cl2NO2S. The van der Waals surface area contributed by atoms with Gasteiger partial charge in [0.15, 0.2) is 0 Å².